The fourth-order valence-corrected chi connectivity index (χ4v) is 3.46. The second kappa shape index (κ2) is 6.63. The molecule has 0 spiro atoms. The van der Waals surface area contributed by atoms with Gasteiger partial charge in [-0.2, -0.15) is 4.73 Å². The molecule has 0 aliphatic carbocycles. The minimum absolute atomic E-state index is 0.0178. The number of carbonyl (C=O) groups excluding carboxylic acids is 1. The van der Waals surface area contributed by atoms with Crippen LogP contribution in [0.4, 0.5) is 0 Å². The van der Waals surface area contributed by atoms with Gasteiger partial charge in [-0.15, -0.1) is 0 Å². The summed E-state index contributed by atoms with van der Waals surface area (Å²) in [6.07, 6.45) is 5.45. The highest BCUT2D eigenvalue weighted by Gasteiger charge is 2.31. The number of carbonyl (C=O) groups is 1. The number of hydrogen-bond acceptors (Lipinski definition) is 4. The number of nitrogens with zero attached hydrogens (tertiary/aromatic N) is 2. The van der Waals surface area contributed by atoms with Gasteiger partial charge in [0.05, 0.1) is 24.8 Å². The largest absolute Gasteiger partial charge is 0.619 e. The van der Waals surface area contributed by atoms with Crippen LogP contribution in [-0.2, 0) is 0 Å². The number of fused-ring (bicyclic) bond motifs is 1. The van der Waals surface area contributed by atoms with Crippen molar-refractivity contribution >= 4 is 5.91 Å². The van der Waals surface area contributed by atoms with E-state index in [9.17, 15) is 10.0 Å². The van der Waals surface area contributed by atoms with Gasteiger partial charge in [0.15, 0.2) is 23.9 Å². The third-order valence-corrected chi connectivity index (χ3v) is 4.72. The highest BCUT2D eigenvalue weighted by molar-refractivity contribution is 5.94. The van der Waals surface area contributed by atoms with Gasteiger partial charge in [0, 0.05) is 25.1 Å². The molecule has 0 N–H and O–H groups in total. The zero-order valence-electron chi connectivity index (χ0n) is 13.9. The Labute approximate surface area is 146 Å². The fourth-order valence-electron chi connectivity index (χ4n) is 3.46. The van der Waals surface area contributed by atoms with E-state index in [4.69, 9.17) is 9.47 Å². The summed E-state index contributed by atoms with van der Waals surface area (Å²) < 4.78 is 12.1. The van der Waals surface area contributed by atoms with Gasteiger partial charge < -0.3 is 19.6 Å². The maximum Gasteiger partial charge on any atom is 0.254 e. The molecular weight excluding hydrogens is 320 g/mol. The first-order chi connectivity index (χ1) is 12.2. The molecule has 1 amide bonds. The minimum Gasteiger partial charge on any atom is -0.619 e. The number of pyridine rings is 1. The monoisotopic (exact) mass is 340 g/mol. The van der Waals surface area contributed by atoms with Gasteiger partial charge in [0.2, 0.25) is 0 Å². The number of ether oxygens (including phenoxy) is 2. The van der Waals surface area contributed by atoms with Crippen molar-refractivity contribution in [1.82, 2.24) is 4.90 Å². The van der Waals surface area contributed by atoms with Crippen molar-refractivity contribution in [3.05, 3.63) is 59.1 Å². The first-order valence-corrected chi connectivity index (χ1v) is 8.62. The molecule has 0 unspecified atom stereocenters. The molecule has 0 saturated carbocycles. The van der Waals surface area contributed by atoms with E-state index in [1.165, 1.54) is 12.4 Å². The lowest BCUT2D eigenvalue weighted by atomic mass is 10.0. The minimum atomic E-state index is -0.0461. The van der Waals surface area contributed by atoms with Crippen molar-refractivity contribution in [1.29, 1.82) is 0 Å². The average molecular weight is 340 g/mol. The van der Waals surface area contributed by atoms with E-state index in [0.717, 1.165) is 36.3 Å². The Kier molecular flexibility index (Phi) is 4.17. The normalized spacial score (nSPS) is 19.5. The molecule has 1 atom stereocenters. The summed E-state index contributed by atoms with van der Waals surface area (Å²) in [5, 5.41) is 11.2. The molecule has 130 valence electrons. The summed E-state index contributed by atoms with van der Waals surface area (Å²) in [5.41, 5.74) is 1.60. The highest BCUT2D eigenvalue weighted by Crippen LogP contribution is 2.38. The lowest BCUT2D eigenvalue weighted by Crippen LogP contribution is -2.32. The van der Waals surface area contributed by atoms with Crippen LogP contribution >= 0.6 is 0 Å². The van der Waals surface area contributed by atoms with E-state index in [1.807, 2.05) is 23.1 Å². The Morgan fingerprint density at radius 2 is 1.84 bits per heavy atom. The van der Waals surface area contributed by atoms with Crippen LogP contribution in [0.3, 0.4) is 0 Å². The van der Waals surface area contributed by atoms with Crippen molar-refractivity contribution in [3.63, 3.8) is 0 Å². The van der Waals surface area contributed by atoms with Crippen LogP contribution in [0.25, 0.3) is 0 Å². The van der Waals surface area contributed by atoms with E-state index in [2.05, 4.69) is 0 Å². The predicted molar refractivity (Wildman–Crippen MR) is 90.5 cm³/mol. The Morgan fingerprint density at radius 1 is 1.08 bits per heavy atom. The molecule has 4 rings (SSSR count). The molecule has 6 heteroatoms. The number of likely N-dealkylation sites (tertiary alicyclic amines) is 1. The van der Waals surface area contributed by atoms with Crippen molar-refractivity contribution < 1.29 is 19.0 Å². The SMILES string of the molecule is O=C(c1cc[n+]([O-])cc1)N1CCC[C@@H]1c1ccc2c(c1)OCCCO2. The van der Waals surface area contributed by atoms with E-state index < -0.39 is 0 Å². The van der Waals surface area contributed by atoms with Crippen LogP contribution in [-0.4, -0.2) is 30.6 Å². The molecule has 1 aromatic heterocycles. The molecule has 0 bridgehead atoms. The Balaban J connectivity index is 1.60. The van der Waals surface area contributed by atoms with Gasteiger partial charge >= 0.3 is 0 Å². The summed E-state index contributed by atoms with van der Waals surface area (Å²) in [4.78, 5) is 14.7. The van der Waals surface area contributed by atoms with Crippen LogP contribution in [0, 0.1) is 5.21 Å². The molecule has 1 aromatic carbocycles. The third kappa shape index (κ3) is 3.12. The van der Waals surface area contributed by atoms with E-state index in [-0.39, 0.29) is 11.9 Å². The number of benzene rings is 1. The van der Waals surface area contributed by atoms with Gasteiger partial charge in [-0.25, -0.2) is 0 Å². The fraction of sp³-hybridized carbons (Fsp3) is 0.368. The predicted octanol–water partition coefficient (Wildman–Crippen LogP) is 2.46. The van der Waals surface area contributed by atoms with Crippen LogP contribution in [0.1, 0.15) is 41.2 Å². The number of rotatable bonds is 2. The molecule has 6 nitrogen and oxygen atoms in total. The molecule has 2 aromatic rings. The maximum atomic E-state index is 12.8. The molecule has 1 saturated heterocycles. The second-order valence-corrected chi connectivity index (χ2v) is 6.36. The van der Waals surface area contributed by atoms with E-state index in [0.29, 0.717) is 30.1 Å². The molecule has 3 heterocycles. The lowest BCUT2D eigenvalue weighted by Gasteiger charge is -2.25. The van der Waals surface area contributed by atoms with Gasteiger partial charge in [-0.05, 0) is 30.5 Å². The van der Waals surface area contributed by atoms with Crippen molar-refractivity contribution in [2.45, 2.75) is 25.3 Å². The summed E-state index contributed by atoms with van der Waals surface area (Å²) in [6, 6.07) is 9.09. The Morgan fingerprint density at radius 3 is 2.64 bits per heavy atom. The quantitative estimate of drug-likeness (QED) is 0.622. The molecule has 2 aliphatic rings. The lowest BCUT2D eigenvalue weighted by molar-refractivity contribution is -0.605. The second-order valence-electron chi connectivity index (χ2n) is 6.36. The van der Waals surface area contributed by atoms with Gasteiger partial charge in [-0.3, -0.25) is 4.79 Å². The summed E-state index contributed by atoms with van der Waals surface area (Å²) >= 11 is 0. The maximum absolute atomic E-state index is 12.8. The van der Waals surface area contributed by atoms with Gasteiger partial charge in [0.25, 0.3) is 5.91 Å². The summed E-state index contributed by atoms with van der Waals surface area (Å²) in [6.45, 7) is 2.02. The van der Waals surface area contributed by atoms with Crippen molar-refractivity contribution in [2.75, 3.05) is 19.8 Å². The Bertz CT molecular complexity index is 775. The zero-order chi connectivity index (χ0) is 17.2. The van der Waals surface area contributed by atoms with Crippen LogP contribution < -0.4 is 14.2 Å². The van der Waals surface area contributed by atoms with Crippen LogP contribution in [0.2, 0.25) is 0 Å². The zero-order valence-corrected chi connectivity index (χ0v) is 13.9. The number of hydrogen-bond donors (Lipinski definition) is 0. The van der Waals surface area contributed by atoms with E-state index in [1.54, 1.807) is 12.1 Å². The molecule has 2 aliphatic heterocycles. The topological polar surface area (TPSA) is 65.7 Å². The van der Waals surface area contributed by atoms with Gasteiger partial charge in [0.1, 0.15) is 0 Å². The molecule has 25 heavy (non-hydrogen) atoms. The highest BCUT2D eigenvalue weighted by atomic mass is 16.5. The first-order valence-electron chi connectivity index (χ1n) is 8.62. The van der Waals surface area contributed by atoms with Crippen LogP contribution in [0.5, 0.6) is 11.5 Å². The Hall–Kier alpha value is -2.76. The number of aromatic nitrogens is 1. The van der Waals surface area contributed by atoms with Gasteiger partial charge in [-0.1, -0.05) is 6.07 Å². The molecular formula is C19H20N2O4. The standard InChI is InChI=1S/C19H20N2O4/c22-19(14-6-9-20(23)10-7-14)21-8-1-3-16(21)15-4-5-17-18(13-15)25-12-2-11-24-17/h4-7,9-10,13,16H,1-3,8,11-12H2/t16-/m1/s1. The molecule has 1 fully saturated rings. The van der Waals surface area contributed by atoms with Crippen LogP contribution in [0.15, 0.2) is 42.7 Å². The first kappa shape index (κ1) is 15.7. The summed E-state index contributed by atoms with van der Waals surface area (Å²) in [5.74, 6) is 1.47. The van der Waals surface area contributed by atoms with Crippen molar-refractivity contribution in [2.24, 2.45) is 0 Å². The van der Waals surface area contributed by atoms with E-state index >= 15 is 0 Å². The average Bonchev–Trinajstić information content (AvgIpc) is 3.00. The number of amides is 1. The van der Waals surface area contributed by atoms with Crippen molar-refractivity contribution in [3.8, 4) is 11.5 Å². The third-order valence-electron chi connectivity index (χ3n) is 4.72. The smallest absolute Gasteiger partial charge is 0.254 e. The summed E-state index contributed by atoms with van der Waals surface area (Å²) in [7, 11) is 0. The molecule has 0 radical (unpaired) electrons.